The lowest BCUT2D eigenvalue weighted by molar-refractivity contribution is 0.122. The van der Waals surface area contributed by atoms with Gasteiger partial charge in [0, 0.05) is 18.8 Å². The van der Waals surface area contributed by atoms with Crippen molar-refractivity contribution in [3.05, 3.63) is 29.8 Å². The summed E-state index contributed by atoms with van der Waals surface area (Å²) in [6.07, 6.45) is 0.330. The molecule has 1 aliphatic rings. The van der Waals surface area contributed by atoms with Crippen LogP contribution < -0.4 is 4.90 Å². The van der Waals surface area contributed by atoms with Crippen LogP contribution in [0.25, 0.3) is 0 Å². The lowest BCUT2D eigenvalue weighted by atomic mass is 10.1. The Bertz CT molecular complexity index is 495. The van der Waals surface area contributed by atoms with Crippen LogP contribution in [0.3, 0.4) is 0 Å². The first-order valence-electron chi connectivity index (χ1n) is 5.91. The Morgan fingerprint density at radius 3 is 2.67 bits per heavy atom. The van der Waals surface area contributed by atoms with Gasteiger partial charge in [-0.2, -0.15) is 8.42 Å². The normalized spacial score (nSPS) is 16.8. The highest BCUT2D eigenvalue weighted by Crippen LogP contribution is 2.18. The van der Waals surface area contributed by atoms with Crippen molar-refractivity contribution in [2.75, 3.05) is 37.0 Å². The highest BCUT2D eigenvalue weighted by Gasteiger charge is 2.12. The van der Waals surface area contributed by atoms with Crippen LogP contribution in [0.2, 0.25) is 0 Å². The number of morpholine rings is 1. The molecule has 0 amide bonds. The van der Waals surface area contributed by atoms with Gasteiger partial charge in [0.05, 0.1) is 19.0 Å². The third kappa shape index (κ3) is 3.97. The Morgan fingerprint density at radius 2 is 2.00 bits per heavy atom. The number of ether oxygens (including phenoxy) is 1. The molecule has 1 heterocycles. The molecule has 1 N–H and O–H groups in total. The molecule has 0 spiro atoms. The minimum absolute atomic E-state index is 0.237. The molecule has 1 saturated heterocycles. The second-order valence-corrected chi connectivity index (χ2v) is 5.88. The predicted octanol–water partition coefficient (Wildman–Crippen LogP) is 0.954. The van der Waals surface area contributed by atoms with E-state index in [0.717, 1.165) is 37.6 Å². The van der Waals surface area contributed by atoms with Crippen LogP contribution in [-0.2, 0) is 21.3 Å². The zero-order chi connectivity index (χ0) is 13.0. The van der Waals surface area contributed by atoms with Crippen molar-refractivity contribution < 1.29 is 17.7 Å². The van der Waals surface area contributed by atoms with E-state index in [4.69, 9.17) is 9.29 Å². The molecule has 0 aliphatic carbocycles. The Hall–Kier alpha value is -1.11. The number of hydrogen-bond donors (Lipinski definition) is 1. The standard InChI is InChI=1S/C12H17NO4S/c14-18(15,16)9-4-11-2-1-3-12(10-11)13-5-7-17-8-6-13/h1-3,10H,4-9H2,(H,14,15,16). The molecule has 6 heteroatoms. The van der Waals surface area contributed by atoms with Crippen LogP contribution in [0.15, 0.2) is 24.3 Å². The molecule has 0 radical (unpaired) electrons. The predicted molar refractivity (Wildman–Crippen MR) is 69.6 cm³/mol. The fourth-order valence-electron chi connectivity index (χ4n) is 1.98. The summed E-state index contributed by atoms with van der Waals surface area (Å²) >= 11 is 0. The number of nitrogens with zero attached hydrogens (tertiary/aromatic N) is 1. The van der Waals surface area contributed by atoms with Crippen molar-refractivity contribution in [2.45, 2.75) is 6.42 Å². The SMILES string of the molecule is O=S(=O)(O)CCc1cccc(N2CCOCC2)c1. The van der Waals surface area contributed by atoms with Gasteiger partial charge in [-0.3, -0.25) is 4.55 Å². The summed E-state index contributed by atoms with van der Waals surface area (Å²) in [6.45, 7) is 3.13. The molecule has 18 heavy (non-hydrogen) atoms. The fourth-order valence-corrected chi connectivity index (χ4v) is 2.47. The molecule has 1 aliphatic heterocycles. The van der Waals surface area contributed by atoms with Gasteiger partial charge in [0.2, 0.25) is 0 Å². The topological polar surface area (TPSA) is 66.8 Å². The molecular weight excluding hydrogens is 254 g/mol. The zero-order valence-electron chi connectivity index (χ0n) is 10.1. The van der Waals surface area contributed by atoms with E-state index in [-0.39, 0.29) is 5.75 Å². The van der Waals surface area contributed by atoms with Crippen LogP contribution in [-0.4, -0.2) is 45.0 Å². The van der Waals surface area contributed by atoms with Crippen LogP contribution >= 0.6 is 0 Å². The molecule has 0 saturated carbocycles. The van der Waals surface area contributed by atoms with E-state index in [1.54, 1.807) is 0 Å². The van der Waals surface area contributed by atoms with E-state index in [9.17, 15) is 8.42 Å². The molecule has 2 rings (SSSR count). The third-order valence-corrected chi connectivity index (χ3v) is 3.66. The zero-order valence-corrected chi connectivity index (χ0v) is 10.9. The summed E-state index contributed by atoms with van der Waals surface area (Å²) in [5.74, 6) is -0.237. The van der Waals surface area contributed by atoms with Crippen molar-refractivity contribution >= 4 is 15.8 Å². The quantitative estimate of drug-likeness (QED) is 0.826. The Balaban J connectivity index is 2.04. The lowest BCUT2D eigenvalue weighted by Gasteiger charge is -2.29. The summed E-state index contributed by atoms with van der Waals surface area (Å²) in [5, 5.41) is 0. The highest BCUT2D eigenvalue weighted by molar-refractivity contribution is 7.85. The molecule has 0 bridgehead atoms. The number of hydrogen-bond acceptors (Lipinski definition) is 4. The lowest BCUT2D eigenvalue weighted by Crippen LogP contribution is -2.36. The maximum atomic E-state index is 10.7. The summed E-state index contributed by atoms with van der Waals surface area (Å²) < 4.78 is 35.5. The van der Waals surface area contributed by atoms with E-state index in [1.165, 1.54) is 0 Å². The smallest absolute Gasteiger partial charge is 0.265 e. The minimum atomic E-state index is -3.89. The number of aryl methyl sites for hydroxylation is 1. The van der Waals surface area contributed by atoms with Gasteiger partial charge in [0.1, 0.15) is 0 Å². The second-order valence-electron chi connectivity index (χ2n) is 4.31. The largest absolute Gasteiger partial charge is 0.378 e. The molecule has 5 nitrogen and oxygen atoms in total. The van der Waals surface area contributed by atoms with Crippen LogP contribution in [0.5, 0.6) is 0 Å². The summed E-state index contributed by atoms with van der Waals surface area (Å²) in [4.78, 5) is 2.21. The van der Waals surface area contributed by atoms with Crippen LogP contribution in [0.1, 0.15) is 5.56 Å². The third-order valence-electron chi connectivity index (χ3n) is 2.94. The summed E-state index contributed by atoms with van der Waals surface area (Å²) in [5.41, 5.74) is 1.99. The summed E-state index contributed by atoms with van der Waals surface area (Å²) in [6, 6.07) is 7.75. The van der Waals surface area contributed by atoms with E-state index in [0.29, 0.717) is 6.42 Å². The van der Waals surface area contributed by atoms with E-state index < -0.39 is 10.1 Å². The Kier molecular flexibility index (Phi) is 4.21. The number of benzene rings is 1. The summed E-state index contributed by atoms with van der Waals surface area (Å²) in [7, 11) is -3.89. The van der Waals surface area contributed by atoms with Gasteiger partial charge < -0.3 is 9.64 Å². The van der Waals surface area contributed by atoms with Crippen molar-refractivity contribution in [1.29, 1.82) is 0 Å². The van der Waals surface area contributed by atoms with Crippen molar-refractivity contribution in [3.63, 3.8) is 0 Å². The van der Waals surface area contributed by atoms with Crippen molar-refractivity contribution in [2.24, 2.45) is 0 Å². The molecule has 1 aromatic carbocycles. The van der Waals surface area contributed by atoms with Gasteiger partial charge in [-0.05, 0) is 24.1 Å². The first-order chi connectivity index (χ1) is 8.54. The first-order valence-corrected chi connectivity index (χ1v) is 7.52. The highest BCUT2D eigenvalue weighted by atomic mass is 32.2. The van der Waals surface area contributed by atoms with Gasteiger partial charge in [-0.1, -0.05) is 12.1 Å². The van der Waals surface area contributed by atoms with Gasteiger partial charge in [-0.25, -0.2) is 0 Å². The molecular formula is C12H17NO4S. The average Bonchev–Trinajstić information content (AvgIpc) is 2.37. The van der Waals surface area contributed by atoms with E-state index in [1.807, 2.05) is 24.3 Å². The minimum Gasteiger partial charge on any atom is -0.378 e. The van der Waals surface area contributed by atoms with Gasteiger partial charge in [0.15, 0.2) is 0 Å². The Morgan fingerprint density at radius 1 is 1.28 bits per heavy atom. The van der Waals surface area contributed by atoms with Crippen molar-refractivity contribution in [1.82, 2.24) is 0 Å². The number of anilines is 1. The van der Waals surface area contributed by atoms with Crippen LogP contribution in [0.4, 0.5) is 5.69 Å². The van der Waals surface area contributed by atoms with Gasteiger partial charge in [-0.15, -0.1) is 0 Å². The van der Waals surface area contributed by atoms with E-state index >= 15 is 0 Å². The van der Waals surface area contributed by atoms with E-state index in [2.05, 4.69) is 4.90 Å². The molecule has 100 valence electrons. The molecule has 0 aromatic heterocycles. The Labute approximate surface area is 107 Å². The number of rotatable bonds is 4. The maximum Gasteiger partial charge on any atom is 0.265 e. The molecule has 0 atom stereocenters. The second kappa shape index (κ2) is 5.69. The molecule has 1 fully saturated rings. The van der Waals surface area contributed by atoms with Crippen LogP contribution in [0, 0.1) is 0 Å². The average molecular weight is 271 g/mol. The van der Waals surface area contributed by atoms with Gasteiger partial charge >= 0.3 is 0 Å². The van der Waals surface area contributed by atoms with Gasteiger partial charge in [0.25, 0.3) is 10.1 Å². The molecule has 1 aromatic rings. The first kappa shape index (κ1) is 13.3. The monoisotopic (exact) mass is 271 g/mol. The maximum absolute atomic E-state index is 10.7. The fraction of sp³-hybridized carbons (Fsp3) is 0.500. The van der Waals surface area contributed by atoms with Crippen molar-refractivity contribution in [3.8, 4) is 0 Å². The molecule has 0 unspecified atom stereocenters.